The largest absolute Gasteiger partial charge is 0.478 e. The summed E-state index contributed by atoms with van der Waals surface area (Å²) in [6, 6.07) is 18.4. The highest BCUT2D eigenvalue weighted by atomic mass is 16.5. The number of rotatable bonds is 5. The van der Waals surface area contributed by atoms with Crippen molar-refractivity contribution in [3.8, 4) is 5.88 Å². The number of hydrogen-bond donors (Lipinski definition) is 1. The van der Waals surface area contributed by atoms with Gasteiger partial charge >= 0.3 is 0 Å². The molecular weight excluding hydrogens is 414 g/mol. The van der Waals surface area contributed by atoms with Crippen LogP contribution in [0.4, 0.5) is 0 Å². The van der Waals surface area contributed by atoms with Crippen LogP contribution in [0.25, 0.3) is 21.9 Å². The third-order valence-electron chi connectivity index (χ3n) is 7.03. The predicted octanol–water partition coefficient (Wildman–Crippen LogP) is 4.81. The van der Waals surface area contributed by atoms with Gasteiger partial charge < -0.3 is 19.0 Å². The van der Waals surface area contributed by atoms with Crippen molar-refractivity contribution in [1.82, 2.24) is 14.8 Å². The lowest BCUT2D eigenvalue weighted by Gasteiger charge is -2.31. The van der Waals surface area contributed by atoms with Gasteiger partial charge in [-0.1, -0.05) is 36.4 Å². The van der Waals surface area contributed by atoms with Crippen LogP contribution >= 0.6 is 0 Å². The topological polar surface area (TPSA) is 59.6 Å². The lowest BCUT2D eigenvalue weighted by atomic mass is 9.96. The van der Waals surface area contributed by atoms with Gasteiger partial charge in [0.1, 0.15) is 16.9 Å². The molecule has 0 bridgehead atoms. The van der Waals surface area contributed by atoms with E-state index in [1.165, 1.54) is 0 Å². The van der Waals surface area contributed by atoms with E-state index in [0.29, 0.717) is 24.6 Å². The number of furan rings is 1. The standard InChI is InChI=1S/C27H29N3O3/c31-26(25-22-7-2-3-8-23(22)30-12-5-15-32-27(25)30)28-17-19-10-13-29(14-11-19)18-21-16-20-6-1-4-9-24(20)33-21/h1-4,6-9,16,19H,5,10-15,17-18H2,(H,28,31). The predicted molar refractivity (Wildman–Crippen MR) is 129 cm³/mol. The molecule has 0 unspecified atom stereocenters. The number of carbonyl (C=O) groups excluding carboxylic acids is 1. The van der Waals surface area contributed by atoms with Crippen molar-refractivity contribution in [3.05, 3.63) is 65.9 Å². The van der Waals surface area contributed by atoms with Crippen LogP contribution in [-0.2, 0) is 13.1 Å². The van der Waals surface area contributed by atoms with Crippen molar-refractivity contribution in [1.29, 1.82) is 0 Å². The molecule has 33 heavy (non-hydrogen) atoms. The summed E-state index contributed by atoms with van der Waals surface area (Å²) in [7, 11) is 0. The SMILES string of the molecule is O=C(NCC1CCN(Cc2cc3ccccc3o2)CC1)c1c2n(c3ccccc13)CCCO2. The number of para-hydroxylation sites is 2. The molecule has 0 atom stereocenters. The molecule has 2 aliphatic heterocycles. The van der Waals surface area contributed by atoms with Gasteiger partial charge in [-0.2, -0.15) is 0 Å². The minimum atomic E-state index is -0.0217. The monoisotopic (exact) mass is 443 g/mol. The number of nitrogens with one attached hydrogen (secondary N) is 1. The third kappa shape index (κ3) is 3.89. The van der Waals surface area contributed by atoms with Crippen molar-refractivity contribution in [2.45, 2.75) is 32.4 Å². The van der Waals surface area contributed by atoms with E-state index < -0.39 is 0 Å². The van der Waals surface area contributed by atoms with Crippen molar-refractivity contribution in [2.75, 3.05) is 26.2 Å². The number of benzene rings is 2. The molecule has 1 saturated heterocycles. The number of hydrogen-bond acceptors (Lipinski definition) is 4. The Morgan fingerprint density at radius 2 is 1.85 bits per heavy atom. The van der Waals surface area contributed by atoms with E-state index in [9.17, 15) is 4.79 Å². The molecule has 170 valence electrons. The van der Waals surface area contributed by atoms with Crippen molar-refractivity contribution in [3.63, 3.8) is 0 Å². The molecule has 0 saturated carbocycles. The van der Waals surface area contributed by atoms with E-state index in [-0.39, 0.29) is 5.91 Å². The van der Waals surface area contributed by atoms with Gasteiger partial charge in [0.05, 0.1) is 18.7 Å². The fraction of sp³-hybridized carbons (Fsp3) is 0.370. The van der Waals surface area contributed by atoms with E-state index in [2.05, 4.69) is 33.0 Å². The van der Waals surface area contributed by atoms with Crippen LogP contribution < -0.4 is 10.1 Å². The number of likely N-dealkylation sites (tertiary alicyclic amines) is 1. The molecule has 2 aromatic heterocycles. The average molecular weight is 444 g/mol. The maximum absolute atomic E-state index is 13.2. The van der Waals surface area contributed by atoms with Crippen molar-refractivity contribution >= 4 is 27.8 Å². The molecule has 4 aromatic rings. The zero-order valence-electron chi connectivity index (χ0n) is 18.8. The first-order valence-corrected chi connectivity index (χ1v) is 12.0. The summed E-state index contributed by atoms with van der Waals surface area (Å²) in [5, 5.41) is 5.35. The first kappa shape index (κ1) is 20.4. The summed E-state index contributed by atoms with van der Waals surface area (Å²) in [4.78, 5) is 15.6. The highest BCUT2D eigenvalue weighted by molar-refractivity contribution is 6.09. The second kappa shape index (κ2) is 8.60. The summed E-state index contributed by atoms with van der Waals surface area (Å²) in [6.07, 6.45) is 3.12. The summed E-state index contributed by atoms with van der Waals surface area (Å²) < 4.78 is 14.1. The molecule has 4 heterocycles. The maximum atomic E-state index is 13.2. The molecule has 2 aliphatic rings. The summed E-state index contributed by atoms with van der Waals surface area (Å²) in [6.45, 7) is 5.15. The number of ether oxygens (including phenoxy) is 1. The quantitative estimate of drug-likeness (QED) is 0.481. The molecule has 0 spiro atoms. The summed E-state index contributed by atoms with van der Waals surface area (Å²) in [5.41, 5.74) is 2.72. The van der Waals surface area contributed by atoms with Gasteiger partial charge in [0.2, 0.25) is 5.88 Å². The first-order valence-electron chi connectivity index (χ1n) is 12.0. The molecule has 2 aromatic carbocycles. The van der Waals surface area contributed by atoms with E-state index in [1.807, 2.05) is 36.4 Å². The Hall–Kier alpha value is -3.25. The third-order valence-corrected chi connectivity index (χ3v) is 7.03. The van der Waals surface area contributed by atoms with E-state index >= 15 is 0 Å². The molecule has 6 rings (SSSR count). The van der Waals surface area contributed by atoms with E-state index in [1.54, 1.807) is 0 Å². The van der Waals surface area contributed by atoms with Crippen LogP contribution in [0.1, 0.15) is 35.4 Å². The zero-order valence-corrected chi connectivity index (χ0v) is 18.8. The van der Waals surface area contributed by atoms with Gasteiger partial charge in [0, 0.05) is 23.9 Å². The second-order valence-electron chi connectivity index (χ2n) is 9.23. The molecule has 1 fully saturated rings. The zero-order chi connectivity index (χ0) is 22.2. The number of piperidine rings is 1. The second-order valence-corrected chi connectivity index (χ2v) is 9.23. The Morgan fingerprint density at radius 3 is 2.73 bits per heavy atom. The van der Waals surface area contributed by atoms with Gasteiger partial charge in [0.15, 0.2) is 0 Å². The number of aryl methyl sites for hydroxylation is 1. The Kier molecular flexibility index (Phi) is 5.30. The molecule has 0 radical (unpaired) electrons. The van der Waals surface area contributed by atoms with Gasteiger partial charge in [-0.15, -0.1) is 0 Å². The minimum Gasteiger partial charge on any atom is -0.478 e. The highest BCUT2D eigenvalue weighted by Crippen LogP contribution is 2.34. The van der Waals surface area contributed by atoms with Crippen LogP contribution in [-0.4, -0.2) is 41.6 Å². The number of carbonyl (C=O) groups is 1. The molecule has 0 aliphatic carbocycles. The normalized spacial score (nSPS) is 17.2. The first-order chi connectivity index (χ1) is 16.3. The van der Waals surface area contributed by atoms with Crippen molar-refractivity contribution in [2.24, 2.45) is 5.92 Å². The highest BCUT2D eigenvalue weighted by Gasteiger charge is 2.27. The van der Waals surface area contributed by atoms with E-state index in [4.69, 9.17) is 9.15 Å². The van der Waals surface area contributed by atoms with Crippen LogP contribution in [0, 0.1) is 5.92 Å². The van der Waals surface area contributed by atoms with Crippen LogP contribution in [0.5, 0.6) is 5.88 Å². The van der Waals surface area contributed by atoms with Crippen LogP contribution in [0.15, 0.2) is 59.0 Å². The maximum Gasteiger partial charge on any atom is 0.257 e. The average Bonchev–Trinajstić information content (AvgIpc) is 3.42. The fourth-order valence-electron chi connectivity index (χ4n) is 5.27. The molecule has 6 nitrogen and oxygen atoms in total. The molecule has 1 amide bonds. The Balaban J connectivity index is 1.07. The van der Waals surface area contributed by atoms with Crippen LogP contribution in [0.3, 0.4) is 0 Å². The minimum absolute atomic E-state index is 0.0217. The lowest BCUT2D eigenvalue weighted by molar-refractivity contribution is 0.0929. The number of amides is 1. The summed E-state index contributed by atoms with van der Waals surface area (Å²) >= 11 is 0. The number of fused-ring (bicyclic) bond motifs is 4. The van der Waals surface area contributed by atoms with Gasteiger partial charge in [-0.3, -0.25) is 9.69 Å². The number of aromatic nitrogens is 1. The lowest BCUT2D eigenvalue weighted by Crippen LogP contribution is -2.38. The van der Waals surface area contributed by atoms with Crippen LogP contribution in [0.2, 0.25) is 0 Å². The van der Waals surface area contributed by atoms with Gasteiger partial charge in [0.25, 0.3) is 5.91 Å². The number of nitrogens with zero attached hydrogens (tertiary/aromatic N) is 2. The van der Waals surface area contributed by atoms with Gasteiger partial charge in [-0.05, 0) is 56.5 Å². The molecular formula is C27H29N3O3. The molecule has 6 heteroatoms. The fourth-order valence-corrected chi connectivity index (χ4v) is 5.27. The van der Waals surface area contributed by atoms with Crippen molar-refractivity contribution < 1.29 is 13.9 Å². The van der Waals surface area contributed by atoms with Gasteiger partial charge in [-0.25, -0.2) is 0 Å². The Morgan fingerprint density at radius 1 is 1.03 bits per heavy atom. The summed E-state index contributed by atoms with van der Waals surface area (Å²) in [5.74, 6) is 2.21. The Bertz CT molecular complexity index is 1260. The smallest absolute Gasteiger partial charge is 0.257 e. The Labute approximate surface area is 193 Å². The molecule has 1 N–H and O–H groups in total. The van der Waals surface area contributed by atoms with E-state index in [0.717, 1.165) is 79.0 Å².